The molecule has 0 spiro atoms. The van der Waals surface area contributed by atoms with Crippen LogP contribution in [-0.4, -0.2) is 23.8 Å². The molecule has 1 N–H and O–H groups in total. The molecule has 21 heavy (non-hydrogen) atoms. The Morgan fingerprint density at radius 3 is 2.62 bits per heavy atom. The van der Waals surface area contributed by atoms with Crippen LogP contribution in [0.15, 0.2) is 24.3 Å². The summed E-state index contributed by atoms with van der Waals surface area (Å²) in [5.41, 5.74) is 0. The molecule has 0 saturated carbocycles. The van der Waals surface area contributed by atoms with Crippen LogP contribution in [0.25, 0.3) is 0 Å². The molecule has 0 radical (unpaired) electrons. The van der Waals surface area contributed by atoms with E-state index in [0.717, 1.165) is 12.8 Å². The number of unbranched alkanes of at least 4 members (excludes halogenated alkanes) is 5. The van der Waals surface area contributed by atoms with Crippen LogP contribution in [0.3, 0.4) is 0 Å². The summed E-state index contributed by atoms with van der Waals surface area (Å²) in [6, 6.07) is 6.38. The van der Waals surface area contributed by atoms with Gasteiger partial charge in [0.25, 0.3) is 0 Å². The van der Waals surface area contributed by atoms with Crippen LogP contribution in [0.4, 0.5) is 0 Å². The molecule has 0 aliphatic heterocycles. The van der Waals surface area contributed by atoms with Gasteiger partial charge in [0.1, 0.15) is 11.5 Å². The Labute approximate surface area is 127 Å². The predicted octanol–water partition coefficient (Wildman–Crippen LogP) is 4.06. The number of rotatable bonds is 10. The Morgan fingerprint density at radius 2 is 1.90 bits per heavy atom. The number of carbonyl (C=O) groups excluding carboxylic acids is 1. The molecular formula is C17H26O4. The zero-order valence-electron chi connectivity index (χ0n) is 13.0. The van der Waals surface area contributed by atoms with E-state index < -0.39 is 6.10 Å². The van der Waals surface area contributed by atoms with Crippen molar-refractivity contribution in [2.45, 2.75) is 58.5 Å². The predicted molar refractivity (Wildman–Crippen MR) is 82.5 cm³/mol. The first kappa shape index (κ1) is 17.3. The normalized spacial score (nSPS) is 11.9. The van der Waals surface area contributed by atoms with Crippen molar-refractivity contribution < 1.29 is 19.4 Å². The maximum absolute atomic E-state index is 11.8. The Bertz CT molecular complexity index is 417. The molecular weight excluding hydrogens is 268 g/mol. The van der Waals surface area contributed by atoms with Gasteiger partial charge in [-0.2, -0.15) is 0 Å². The molecule has 4 nitrogen and oxygen atoms in total. The maximum Gasteiger partial charge on any atom is 0.347 e. The van der Waals surface area contributed by atoms with E-state index in [4.69, 9.17) is 9.47 Å². The van der Waals surface area contributed by atoms with E-state index >= 15 is 0 Å². The van der Waals surface area contributed by atoms with Gasteiger partial charge in [0.2, 0.25) is 0 Å². The first-order chi connectivity index (χ1) is 10.1. The van der Waals surface area contributed by atoms with Gasteiger partial charge in [-0.1, -0.05) is 45.1 Å². The van der Waals surface area contributed by atoms with Gasteiger partial charge in [0.05, 0.1) is 6.61 Å². The number of phenols is 1. The second-order valence-corrected chi connectivity index (χ2v) is 5.19. The summed E-state index contributed by atoms with van der Waals surface area (Å²) in [6.45, 7) is 4.28. The van der Waals surface area contributed by atoms with E-state index in [1.165, 1.54) is 31.7 Å². The molecule has 0 aliphatic carbocycles. The van der Waals surface area contributed by atoms with E-state index in [9.17, 15) is 9.90 Å². The number of aromatic hydroxyl groups is 1. The summed E-state index contributed by atoms with van der Waals surface area (Å²) in [7, 11) is 0. The van der Waals surface area contributed by atoms with Crippen LogP contribution in [0.1, 0.15) is 52.4 Å². The van der Waals surface area contributed by atoms with Gasteiger partial charge in [-0.3, -0.25) is 0 Å². The number of phenolic OH excluding ortho intramolecular Hbond substituents is 1. The maximum atomic E-state index is 11.8. The molecule has 0 amide bonds. The number of carbonyl (C=O) groups is 1. The van der Waals surface area contributed by atoms with Crippen molar-refractivity contribution >= 4 is 5.97 Å². The first-order valence-electron chi connectivity index (χ1n) is 7.75. The monoisotopic (exact) mass is 294 g/mol. The van der Waals surface area contributed by atoms with Gasteiger partial charge < -0.3 is 14.6 Å². The van der Waals surface area contributed by atoms with E-state index in [2.05, 4.69) is 6.92 Å². The third-order valence-electron chi connectivity index (χ3n) is 3.20. The molecule has 0 aromatic heterocycles. The lowest BCUT2D eigenvalue weighted by Crippen LogP contribution is -2.26. The Kier molecular flexibility index (Phi) is 8.32. The van der Waals surface area contributed by atoms with Crippen molar-refractivity contribution in [2.24, 2.45) is 0 Å². The number of hydrogen-bond donors (Lipinski definition) is 1. The quantitative estimate of drug-likeness (QED) is 0.522. The molecule has 1 atom stereocenters. The van der Waals surface area contributed by atoms with E-state index in [-0.39, 0.29) is 11.7 Å². The second kappa shape index (κ2) is 10.1. The summed E-state index contributed by atoms with van der Waals surface area (Å²) in [4.78, 5) is 11.8. The van der Waals surface area contributed by atoms with E-state index in [0.29, 0.717) is 12.4 Å². The SMILES string of the molecule is CCCCCCCCOC(=O)C(C)Oc1cccc(O)c1. The van der Waals surface area contributed by atoms with Crippen LogP contribution in [0, 0.1) is 0 Å². The van der Waals surface area contributed by atoms with Crippen LogP contribution in [-0.2, 0) is 9.53 Å². The summed E-state index contributed by atoms with van der Waals surface area (Å²) in [5, 5.41) is 9.33. The fourth-order valence-corrected chi connectivity index (χ4v) is 1.98. The molecule has 1 aromatic carbocycles. The third kappa shape index (κ3) is 7.59. The minimum absolute atomic E-state index is 0.111. The molecule has 4 heteroatoms. The largest absolute Gasteiger partial charge is 0.508 e. The summed E-state index contributed by atoms with van der Waals surface area (Å²) < 4.78 is 10.6. The lowest BCUT2D eigenvalue weighted by Gasteiger charge is -2.14. The van der Waals surface area contributed by atoms with Gasteiger partial charge in [0, 0.05) is 6.07 Å². The van der Waals surface area contributed by atoms with Crippen molar-refractivity contribution in [3.63, 3.8) is 0 Å². The second-order valence-electron chi connectivity index (χ2n) is 5.19. The van der Waals surface area contributed by atoms with Crippen molar-refractivity contribution in [1.82, 2.24) is 0 Å². The fraction of sp³-hybridized carbons (Fsp3) is 0.588. The topological polar surface area (TPSA) is 55.8 Å². The average molecular weight is 294 g/mol. The van der Waals surface area contributed by atoms with E-state index in [1.807, 2.05) is 0 Å². The third-order valence-corrected chi connectivity index (χ3v) is 3.20. The Morgan fingerprint density at radius 1 is 1.19 bits per heavy atom. The van der Waals surface area contributed by atoms with Crippen molar-refractivity contribution in [3.05, 3.63) is 24.3 Å². The first-order valence-corrected chi connectivity index (χ1v) is 7.75. The number of benzene rings is 1. The van der Waals surface area contributed by atoms with E-state index in [1.54, 1.807) is 25.1 Å². The van der Waals surface area contributed by atoms with Crippen LogP contribution in [0.2, 0.25) is 0 Å². The van der Waals surface area contributed by atoms with Crippen molar-refractivity contribution in [3.8, 4) is 11.5 Å². The highest BCUT2D eigenvalue weighted by atomic mass is 16.6. The molecule has 0 saturated heterocycles. The number of hydrogen-bond acceptors (Lipinski definition) is 4. The van der Waals surface area contributed by atoms with Crippen LogP contribution >= 0.6 is 0 Å². The molecule has 0 bridgehead atoms. The summed E-state index contributed by atoms with van der Waals surface area (Å²) >= 11 is 0. The van der Waals surface area contributed by atoms with Crippen molar-refractivity contribution in [2.75, 3.05) is 6.61 Å². The van der Waals surface area contributed by atoms with Gasteiger partial charge in [-0.05, 0) is 25.5 Å². The van der Waals surface area contributed by atoms with Gasteiger partial charge in [0.15, 0.2) is 6.10 Å². The lowest BCUT2D eigenvalue weighted by molar-refractivity contribution is -0.151. The van der Waals surface area contributed by atoms with Gasteiger partial charge in [-0.15, -0.1) is 0 Å². The van der Waals surface area contributed by atoms with Crippen LogP contribution < -0.4 is 4.74 Å². The summed E-state index contributed by atoms with van der Waals surface area (Å²) in [6.07, 6.45) is 6.27. The molecule has 1 rings (SSSR count). The fourth-order valence-electron chi connectivity index (χ4n) is 1.98. The number of esters is 1. The molecule has 1 unspecified atom stereocenters. The molecule has 0 aliphatic rings. The minimum atomic E-state index is -0.674. The lowest BCUT2D eigenvalue weighted by atomic mass is 10.1. The smallest absolute Gasteiger partial charge is 0.347 e. The zero-order valence-corrected chi connectivity index (χ0v) is 13.0. The number of ether oxygens (including phenoxy) is 2. The molecule has 0 fully saturated rings. The van der Waals surface area contributed by atoms with Crippen molar-refractivity contribution in [1.29, 1.82) is 0 Å². The van der Waals surface area contributed by atoms with Gasteiger partial charge in [-0.25, -0.2) is 4.79 Å². The van der Waals surface area contributed by atoms with Crippen LogP contribution in [0.5, 0.6) is 11.5 Å². The van der Waals surface area contributed by atoms with Gasteiger partial charge >= 0.3 is 5.97 Å². The minimum Gasteiger partial charge on any atom is -0.508 e. The summed E-state index contributed by atoms with van der Waals surface area (Å²) in [5.74, 6) is 0.200. The zero-order chi connectivity index (χ0) is 15.5. The molecule has 1 aromatic rings. The standard InChI is InChI=1S/C17H26O4/c1-3-4-5-6-7-8-12-20-17(19)14(2)21-16-11-9-10-15(18)13-16/h9-11,13-14,18H,3-8,12H2,1-2H3. The Balaban J connectivity index is 2.16. The average Bonchev–Trinajstić information content (AvgIpc) is 2.46. The highest BCUT2D eigenvalue weighted by Crippen LogP contribution is 2.19. The highest BCUT2D eigenvalue weighted by molar-refractivity contribution is 5.74. The Hall–Kier alpha value is -1.71. The molecule has 118 valence electrons. The highest BCUT2D eigenvalue weighted by Gasteiger charge is 2.16. The molecule has 0 heterocycles.